The first-order chi connectivity index (χ1) is 11.4. The van der Waals surface area contributed by atoms with Gasteiger partial charge in [0.15, 0.2) is 0 Å². The predicted octanol–water partition coefficient (Wildman–Crippen LogP) is 2.58. The molecule has 0 radical (unpaired) electrons. The van der Waals surface area contributed by atoms with Crippen molar-refractivity contribution >= 4 is 21.9 Å². The van der Waals surface area contributed by atoms with E-state index in [0.717, 1.165) is 32.1 Å². The summed E-state index contributed by atoms with van der Waals surface area (Å²) in [6.45, 7) is 1.25. The molecule has 4 saturated carbocycles. The maximum Gasteiger partial charge on any atom is 0.465 e. The molecule has 25 heavy (non-hydrogen) atoms. The molecule has 4 aliphatic rings. The van der Waals surface area contributed by atoms with E-state index in [9.17, 15) is 26.8 Å². The minimum atomic E-state index is -5.85. The first-order valence-electron chi connectivity index (χ1n) is 8.42. The fourth-order valence-electron chi connectivity index (χ4n) is 5.71. The Hall–Kier alpha value is -1.09. The van der Waals surface area contributed by atoms with Crippen LogP contribution in [0, 0.1) is 22.7 Å². The molecule has 142 valence electrons. The van der Waals surface area contributed by atoms with Crippen LogP contribution in [0.1, 0.15) is 51.9 Å². The molecular formula is C16H22F2O6S. The molecule has 0 amide bonds. The van der Waals surface area contributed by atoms with Gasteiger partial charge in [-0.3, -0.25) is 9.35 Å². The molecule has 4 bridgehead atoms. The van der Waals surface area contributed by atoms with E-state index in [1.165, 1.54) is 0 Å². The summed E-state index contributed by atoms with van der Waals surface area (Å²) in [5, 5.41) is -4.96. The molecule has 4 aliphatic carbocycles. The quantitative estimate of drug-likeness (QED) is 0.562. The fourth-order valence-corrected chi connectivity index (χ4v) is 5.98. The summed E-state index contributed by atoms with van der Waals surface area (Å²) in [4.78, 5) is 23.5. The van der Waals surface area contributed by atoms with E-state index in [1.54, 1.807) is 6.92 Å². The van der Waals surface area contributed by atoms with Crippen molar-refractivity contribution in [2.45, 2.75) is 57.1 Å². The van der Waals surface area contributed by atoms with E-state index in [0.29, 0.717) is 24.7 Å². The van der Waals surface area contributed by atoms with E-state index < -0.39 is 21.3 Å². The number of esters is 1. The zero-order chi connectivity index (χ0) is 18.7. The van der Waals surface area contributed by atoms with E-state index in [2.05, 4.69) is 4.74 Å². The van der Waals surface area contributed by atoms with Crippen LogP contribution in [-0.2, 0) is 24.4 Å². The van der Waals surface area contributed by atoms with Crippen molar-refractivity contribution < 1.29 is 36.1 Å². The summed E-state index contributed by atoms with van der Waals surface area (Å²) < 4.78 is 60.4. The van der Waals surface area contributed by atoms with Crippen molar-refractivity contribution in [3.05, 3.63) is 0 Å². The normalized spacial score (nSPS) is 37.1. The molecule has 2 atom stereocenters. The lowest BCUT2D eigenvalue weighted by Gasteiger charge is -2.61. The average Bonchev–Trinajstić information content (AvgIpc) is 2.44. The summed E-state index contributed by atoms with van der Waals surface area (Å²) in [6.07, 6.45) is 5.59. The third kappa shape index (κ3) is 3.09. The van der Waals surface area contributed by atoms with Crippen molar-refractivity contribution in [1.29, 1.82) is 0 Å². The summed E-state index contributed by atoms with van der Waals surface area (Å²) in [7, 11) is -5.85. The van der Waals surface area contributed by atoms with E-state index >= 15 is 0 Å². The monoisotopic (exact) mass is 380 g/mol. The highest BCUT2D eigenvalue weighted by atomic mass is 32.2. The summed E-state index contributed by atoms with van der Waals surface area (Å²) >= 11 is 0. The van der Waals surface area contributed by atoms with Gasteiger partial charge in [0.2, 0.25) is 0 Å². The van der Waals surface area contributed by atoms with E-state index in [-0.39, 0.29) is 23.2 Å². The van der Waals surface area contributed by atoms with Crippen LogP contribution >= 0.6 is 0 Å². The summed E-state index contributed by atoms with van der Waals surface area (Å²) in [5.74, 6) is -1.23. The standard InChI is InChI=1S/C16H22F2O6S/c1-10(19)15-7-11-4-12(8-15)6-14(5-11,9-15)2-3-24-13(20)16(17,18)25(21,22)23/h11-12H,2-9H2,1H3,(H,21,22,23). The largest absolute Gasteiger partial charge is 0.465 e. The number of rotatable bonds is 6. The third-order valence-corrected chi connectivity index (χ3v) is 7.17. The third-order valence-electron chi connectivity index (χ3n) is 6.36. The van der Waals surface area contributed by atoms with E-state index in [4.69, 9.17) is 4.55 Å². The second-order valence-corrected chi connectivity index (χ2v) is 9.64. The van der Waals surface area contributed by atoms with Crippen molar-refractivity contribution in [3.63, 3.8) is 0 Å². The Labute approximate surface area is 145 Å². The van der Waals surface area contributed by atoms with Gasteiger partial charge in [-0.25, -0.2) is 4.79 Å². The van der Waals surface area contributed by atoms with Crippen LogP contribution < -0.4 is 0 Å². The topological polar surface area (TPSA) is 97.7 Å². The van der Waals surface area contributed by atoms with Crippen molar-refractivity contribution in [1.82, 2.24) is 0 Å². The van der Waals surface area contributed by atoms with Gasteiger partial charge >= 0.3 is 21.3 Å². The molecule has 9 heteroatoms. The second-order valence-electron chi connectivity index (χ2n) is 8.18. The minimum Gasteiger partial charge on any atom is -0.460 e. The van der Waals surface area contributed by atoms with E-state index in [1.807, 2.05) is 0 Å². The zero-order valence-electron chi connectivity index (χ0n) is 14.0. The number of halogens is 2. The lowest BCUT2D eigenvalue weighted by Crippen LogP contribution is -2.54. The maximum absolute atomic E-state index is 13.2. The van der Waals surface area contributed by atoms with Crippen LogP contribution in [0.15, 0.2) is 0 Å². The van der Waals surface area contributed by atoms with Crippen LogP contribution in [0.2, 0.25) is 0 Å². The Morgan fingerprint density at radius 1 is 1.20 bits per heavy atom. The van der Waals surface area contributed by atoms with Crippen LogP contribution in [-0.4, -0.2) is 36.6 Å². The molecule has 0 heterocycles. The molecule has 0 saturated heterocycles. The van der Waals surface area contributed by atoms with Gasteiger partial charge in [0.05, 0.1) is 6.61 Å². The summed E-state index contributed by atoms with van der Waals surface area (Å²) in [6, 6.07) is 0. The zero-order valence-corrected chi connectivity index (χ0v) is 14.8. The molecule has 1 N–H and O–H groups in total. The number of Topliss-reactive ketones (excluding diaryl/α,β-unsaturated/α-hetero) is 1. The van der Waals surface area contributed by atoms with Crippen molar-refractivity contribution in [2.24, 2.45) is 22.7 Å². The predicted molar refractivity (Wildman–Crippen MR) is 82.3 cm³/mol. The number of carbonyl (C=O) groups excluding carboxylic acids is 2. The average molecular weight is 380 g/mol. The maximum atomic E-state index is 13.2. The molecule has 0 aromatic carbocycles. The molecule has 0 spiro atoms. The Bertz CT molecular complexity index is 687. The number of ether oxygens (including phenoxy) is 1. The number of hydrogen-bond donors (Lipinski definition) is 1. The van der Waals surface area contributed by atoms with Gasteiger partial charge < -0.3 is 4.74 Å². The van der Waals surface area contributed by atoms with Gasteiger partial charge in [0.1, 0.15) is 5.78 Å². The van der Waals surface area contributed by atoms with Crippen LogP contribution in [0.25, 0.3) is 0 Å². The van der Waals surface area contributed by atoms with Gasteiger partial charge in [-0.05, 0) is 69.1 Å². The number of ketones is 1. The lowest BCUT2D eigenvalue weighted by atomic mass is 9.43. The SMILES string of the molecule is CC(=O)C12CC3CC(CC(CCOC(=O)C(F)(F)S(=O)(=O)O)(C3)C1)C2. The smallest absolute Gasteiger partial charge is 0.460 e. The van der Waals surface area contributed by atoms with Crippen LogP contribution in [0.5, 0.6) is 0 Å². The van der Waals surface area contributed by atoms with Gasteiger partial charge in [0, 0.05) is 5.41 Å². The highest BCUT2D eigenvalue weighted by Gasteiger charge is 2.59. The van der Waals surface area contributed by atoms with Gasteiger partial charge in [-0.1, -0.05) is 0 Å². The van der Waals surface area contributed by atoms with Crippen LogP contribution in [0.3, 0.4) is 0 Å². The molecule has 0 aromatic heterocycles. The molecule has 6 nitrogen and oxygen atoms in total. The minimum absolute atomic E-state index is 0.167. The first-order valence-corrected chi connectivity index (χ1v) is 9.86. The van der Waals surface area contributed by atoms with Gasteiger partial charge in [0.25, 0.3) is 0 Å². The van der Waals surface area contributed by atoms with Gasteiger partial charge in [-0.15, -0.1) is 0 Å². The number of carbonyl (C=O) groups is 2. The molecule has 4 rings (SSSR count). The lowest BCUT2D eigenvalue weighted by molar-refractivity contribution is -0.167. The van der Waals surface area contributed by atoms with Crippen molar-refractivity contribution in [2.75, 3.05) is 6.61 Å². The highest BCUT2D eigenvalue weighted by molar-refractivity contribution is 7.87. The Balaban J connectivity index is 1.66. The highest BCUT2D eigenvalue weighted by Crippen LogP contribution is 2.66. The number of hydrogen-bond acceptors (Lipinski definition) is 5. The fraction of sp³-hybridized carbons (Fsp3) is 0.875. The first kappa shape index (κ1) is 18.7. The molecule has 0 aliphatic heterocycles. The molecule has 4 fully saturated rings. The molecule has 0 aromatic rings. The number of alkyl halides is 2. The second kappa shape index (κ2) is 5.70. The Morgan fingerprint density at radius 3 is 2.24 bits per heavy atom. The van der Waals surface area contributed by atoms with Crippen molar-refractivity contribution in [3.8, 4) is 0 Å². The van der Waals surface area contributed by atoms with Crippen LogP contribution in [0.4, 0.5) is 8.78 Å². The Morgan fingerprint density at radius 2 is 1.76 bits per heavy atom. The molecular weight excluding hydrogens is 358 g/mol. The van der Waals surface area contributed by atoms with Gasteiger partial charge in [-0.2, -0.15) is 17.2 Å². The Kier molecular flexibility index (Phi) is 4.27. The summed E-state index contributed by atoms with van der Waals surface area (Å²) in [5.41, 5.74) is -0.560. The molecule has 2 unspecified atom stereocenters.